The Kier molecular flexibility index (Phi) is 4.10. The molecule has 0 saturated heterocycles. The first kappa shape index (κ1) is 14.3. The highest BCUT2D eigenvalue weighted by Gasteiger charge is 2.13. The number of halogens is 2. The molecule has 1 N–H and O–H groups in total. The molecule has 0 radical (unpaired) electrons. The van der Waals surface area contributed by atoms with Crippen LogP contribution >= 0.6 is 34.5 Å². The van der Waals surface area contributed by atoms with Crippen LogP contribution in [-0.2, 0) is 5.88 Å². The first-order chi connectivity index (χ1) is 10.2. The zero-order chi connectivity index (χ0) is 14.8. The van der Waals surface area contributed by atoms with E-state index in [-0.39, 0.29) is 5.91 Å². The molecule has 0 aliphatic carbocycles. The number of aromatic nitrogens is 1. The van der Waals surface area contributed by atoms with E-state index in [1.807, 2.05) is 18.2 Å². The van der Waals surface area contributed by atoms with E-state index in [0.717, 1.165) is 10.3 Å². The van der Waals surface area contributed by atoms with Crippen molar-refractivity contribution in [2.75, 3.05) is 5.32 Å². The van der Waals surface area contributed by atoms with E-state index in [0.29, 0.717) is 27.7 Å². The SMILES string of the molecule is O=C(Nc1c(Cl)ccc2scnc12)c1ccc(CCl)cc1. The number of carbonyl (C=O) groups excluding carboxylic acids is 1. The number of thiazole rings is 1. The molecule has 0 atom stereocenters. The predicted octanol–water partition coefficient (Wildman–Crippen LogP) is 4.94. The van der Waals surface area contributed by atoms with Crippen molar-refractivity contribution >= 4 is 56.3 Å². The number of rotatable bonds is 3. The molecule has 0 saturated carbocycles. The maximum absolute atomic E-state index is 12.3. The summed E-state index contributed by atoms with van der Waals surface area (Å²) in [6.45, 7) is 0. The van der Waals surface area contributed by atoms with Crippen molar-refractivity contribution in [3.8, 4) is 0 Å². The normalized spacial score (nSPS) is 10.8. The second kappa shape index (κ2) is 6.02. The van der Waals surface area contributed by atoms with Crippen molar-refractivity contribution in [2.45, 2.75) is 5.88 Å². The van der Waals surface area contributed by atoms with Gasteiger partial charge in [0.15, 0.2) is 0 Å². The summed E-state index contributed by atoms with van der Waals surface area (Å²) in [6.07, 6.45) is 0. The number of carbonyl (C=O) groups is 1. The number of amides is 1. The molecule has 0 aliphatic heterocycles. The number of alkyl halides is 1. The maximum atomic E-state index is 12.3. The maximum Gasteiger partial charge on any atom is 0.255 e. The summed E-state index contributed by atoms with van der Waals surface area (Å²) in [5, 5.41) is 3.30. The average Bonchev–Trinajstić information content (AvgIpc) is 2.99. The summed E-state index contributed by atoms with van der Waals surface area (Å²) in [5.41, 5.74) is 4.49. The van der Waals surface area contributed by atoms with Crippen molar-refractivity contribution in [3.05, 3.63) is 58.1 Å². The molecule has 0 aliphatic rings. The summed E-state index contributed by atoms with van der Waals surface area (Å²) < 4.78 is 0.979. The van der Waals surface area contributed by atoms with Gasteiger partial charge in [0.25, 0.3) is 5.91 Å². The van der Waals surface area contributed by atoms with Gasteiger partial charge in [-0.05, 0) is 29.8 Å². The van der Waals surface area contributed by atoms with Gasteiger partial charge in [-0.3, -0.25) is 4.79 Å². The van der Waals surface area contributed by atoms with Crippen LogP contribution < -0.4 is 5.32 Å². The predicted molar refractivity (Wildman–Crippen MR) is 88.6 cm³/mol. The topological polar surface area (TPSA) is 42.0 Å². The van der Waals surface area contributed by atoms with Crippen molar-refractivity contribution in [1.82, 2.24) is 4.98 Å². The summed E-state index contributed by atoms with van der Waals surface area (Å²) in [6, 6.07) is 10.8. The molecule has 1 heterocycles. The summed E-state index contributed by atoms with van der Waals surface area (Å²) in [4.78, 5) is 16.6. The fraction of sp³-hybridized carbons (Fsp3) is 0.0667. The van der Waals surface area contributed by atoms with Gasteiger partial charge in [-0.15, -0.1) is 22.9 Å². The Morgan fingerprint density at radius 3 is 2.67 bits per heavy atom. The smallest absolute Gasteiger partial charge is 0.255 e. The third kappa shape index (κ3) is 2.88. The fourth-order valence-corrected chi connectivity index (χ4v) is 3.02. The van der Waals surface area contributed by atoms with Crippen molar-refractivity contribution in [2.24, 2.45) is 0 Å². The Morgan fingerprint density at radius 2 is 1.95 bits per heavy atom. The molecule has 3 nitrogen and oxygen atoms in total. The lowest BCUT2D eigenvalue weighted by Gasteiger charge is -2.08. The Labute approximate surface area is 135 Å². The van der Waals surface area contributed by atoms with E-state index < -0.39 is 0 Å². The van der Waals surface area contributed by atoms with Gasteiger partial charge in [-0.25, -0.2) is 4.98 Å². The monoisotopic (exact) mass is 336 g/mol. The first-order valence-corrected chi connectivity index (χ1v) is 7.96. The number of hydrogen-bond donors (Lipinski definition) is 1. The number of nitrogens with zero attached hydrogens (tertiary/aromatic N) is 1. The van der Waals surface area contributed by atoms with E-state index in [9.17, 15) is 4.79 Å². The molecular weight excluding hydrogens is 327 g/mol. The Bertz CT molecular complexity index is 799. The number of anilines is 1. The van der Waals surface area contributed by atoms with Gasteiger partial charge < -0.3 is 5.32 Å². The van der Waals surface area contributed by atoms with E-state index in [1.54, 1.807) is 23.7 Å². The number of nitrogens with one attached hydrogen (secondary N) is 1. The lowest BCUT2D eigenvalue weighted by atomic mass is 10.1. The second-order valence-corrected chi connectivity index (χ2v) is 5.97. The molecule has 2 aromatic carbocycles. The summed E-state index contributed by atoms with van der Waals surface area (Å²) >= 11 is 13.4. The van der Waals surface area contributed by atoms with E-state index >= 15 is 0 Å². The van der Waals surface area contributed by atoms with Crippen LogP contribution in [0.25, 0.3) is 10.2 Å². The molecule has 0 bridgehead atoms. The lowest BCUT2D eigenvalue weighted by molar-refractivity contribution is 0.102. The molecule has 0 spiro atoms. The van der Waals surface area contributed by atoms with Gasteiger partial charge in [0.05, 0.1) is 20.9 Å². The van der Waals surface area contributed by atoms with Crippen LogP contribution in [0.4, 0.5) is 5.69 Å². The first-order valence-electron chi connectivity index (χ1n) is 6.17. The molecule has 0 unspecified atom stereocenters. The number of hydrogen-bond acceptors (Lipinski definition) is 3. The van der Waals surface area contributed by atoms with Gasteiger partial charge in [-0.2, -0.15) is 0 Å². The highest BCUT2D eigenvalue weighted by Crippen LogP contribution is 2.32. The van der Waals surface area contributed by atoms with Crippen LogP contribution in [-0.4, -0.2) is 10.9 Å². The minimum Gasteiger partial charge on any atom is -0.319 e. The second-order valence-electron chi connectivity index (χ2n) is 4.41. The van der Waals surface area contributed by atoms with Gasteiger partial charge in [0.2, 0.25) is 0 Å². The molecule has 3 rings (SSSR count). The van der Waals surface area contributed by atoms with E-state index in [1.165, 1.54) is 11.3 Å². The zero-order valence-corrected chi connectivity index (χ0v) is 13.1. The van der Waals surface area contributed by atoms with Crippen molar-refractivity contribution < 1.29 is 4.79 Å². The molecule has 3 aromatic rings. The largest absolute Gasteiger partial charge is 0.319 e. The van der Waals surface area contributed by atoms with E-state index in [2.05, 4.69) is 10.3 Å². The highest BCUT2D eigenvalue weighted by molar-refractivity contribution is 7.16. The Hall–Kier alpha value is -1.62. The van der Waals surface area contributed by atoms with Crippen molar-refractivity contribution in [3.63, 3.8) is 0 Å². The average molecular weight is 337 g/mol. The Balaban J connectivity index is 1.92. The third-order valence-corrected chi connectivity index (χ3v) is 4.48. The molecule has 0 fully saturated rings. The molecule has 106 valence electrons. The Morgan fingerprint density at radius 1 is 1.19 bits per heavy atom. The third-order valence-electron chi connectivity index (χ3n) is 3.06. The highest BCUT2D eigenvalue weighted by atomic mass is 35.5. The van der Waals surface area contributed by atoms with Gasteiger partial charge in [0, 0.05) is 11.4 Å². The van der Waals surface area contributed by atoms with Crippen LogP contribution in [0.15, 0.2) is 41.9 Å². The zero-order valence-electron chi connectivity index (χ0n) is 10.8. The fourth-order valence-electron chi connectivity index (χ4n) is 1.96. The quantitative estimate of drug-likeness (QED) is 0.688. The van der Waals surface area contributed by atoms with Gasteiger partial charge in [-0.1, -0.05) is 23.7 Å². The lowest BCUT2D eigenvalue weighted by Crippen LogP contribution is -2.12. The standard InChI is InChI=1S/C15H10Cl2N2OS/c16-7-9-1-3-10(4-2-9)15(20)19-13-11(17)5-6-12-14(13)18-8-21-12/h1-6,8H,7H2,(H,19,20). The van der Waals surface area contributed by atoms with Gasteiger partial charge in [0.1, 0.15) is 5.52 Å². The minimum atomic E-state index is -0.224. The summed E-state index contributed by atoms with van der Waals surface area (Å²) in [5.74, 6) is 0.199. The van der Waals surface area contributed by atoms with E-state index in [4.69, 9.17) is 23.2 Å². The van der Waals surface area contributed by atoms with Crippen LogP contribution in [0.3, 0.4) is 0 Å². The number of benzene rings is 2. The van der Waals surface area contributed by atoms with Crippen molar-refractivity contribution in [1.29, 1.82) is 0 Å². The molecule has 1 aromatic heterocycles. The molecular formula is C15H10Cl2N2OS. The summed E-state index contributed by atoms with van der Waals surface area (Å²) in [7, 11) is 0. The van der Waals surface area contributed by atoms with Crippen LogP contribution in [0, 0.1) is 0 Å². The van der Waals surface area contributed by atoms with Crippen LogP contribution in [0.5, 0.6) is 0 Å². The minimum absolute atomic E-state index is 0.224. The van der Waals surface area contributed by atoms with Crippen LogP contribution in [0.1, 0.15) is 15.9 Å². The molecule has 21 heavy (non-hydrogen) atoms. The molecule has 1 amide bonds. The van der Waals surface area contributed by atoms with Crippen LogP contribution in [0.2, 0.25) is 5.02 Å². The molecule has 6 heteroatoms. The van der Waals surface area contributed by atoms with Gasteiger partial charge >= 0.3 is 0 Å². The number of fused-ring (bicyclic) bond motifs is 1.